The summed E-state index contributed by atoms with van der Waals surface area (Å²) >= 11 is 0. The third-order valence-corrected chi connectivity index (χ3v) is 3.67. The number of hydrogen-bond donors (Lipinski definition) is 1. The summed E-state index contributed by atoms with van der Waals surface area (Å²) in [5.41, 5.74) is 6.41. The molecule has 0 saturated heterocycles. The predicted molar refractivity (Wildman–Crippen MR) is 57.6 cm³/mol. The van der Waals surface area contributed by atoms with Crippen LogP contribution in [0.2, 0.25) is 0 Å². The molecule has 1 aliphatic rings. The van der Waals surface area contributed by atoms with Crippen LogP contribution in [0.25, 0.3) is 0 Å². The van der Waals surface area contributed by atoms with Crippen LogP contribution in [0, 0.1) is 6.92 Å². The molecule has 1 fully saturated rings. The molecule has 0 spiro atoms. The van der Waals surface area contributed by atoms with Gasteiger partial charge in [0.15, 0.2) is 0 Å². The molecule has 1 saturated carbocycles. The summed E-state index contributed by atoms with van der Waals surface area (Å²) in [6, 6.07) is 1.86. The highest BCUT2D eigenvalue weighted by atomic mass is 19.3. The van der Waals surface area contributed by atoms with Crippen molar-refractivity contribution in [1.82, 2.24) is 0 Å². The molecule has 2 rings (SSSR count). The molecule has 16 heavy (non-hydrogen) atoms. The molecular formula is C12H17F2NO. The van der Waals surface area contributed by atoms with Crippen LogP contribution < -0.4 is 5.73 Å². The van der Waals surface area contributed by atoms with E-state index in [1.54, 1.807) is 6.26 Å². The van der Waals surface area contributed by atoms with E-state index in [1.165, 1.54) is 0 Å². The second-order valence-electron chi connectivity index (χ2n) is 4.77. The summed E-state index contributed by atoms with van der Waals surface area (Å²) in [6.07, 6.45) is 2.24. The third kappa shape index (κ3) is 1.86. The lowest BCUT2D eigenvalue weighted by Crippen LogP contribution is -2.42. The first-order chi connectivity index (χ1) is 7.49. The van der Waals surface area contributed by atoms with Gasteiger partial charge in [-0.1, -0.05) is 0 Å². The molecule has 1 aromatic rings. The predicted octanol–water partition coefficient (Wildman–Crippen LogP) is 2.99. The zero-order chi connectivity index (χ0) is 11.8. The second kappa shape index (κ2) is 3.84. The standard InChI is InChI=1S/C12H17F2NO/c1-9-2-7-16-10(9)11(8-15)3-5-12(13,14)6-4-11/h2,7H,3-6,8,15H2,1H3. The first-order valence-corrected chi connectivity index (χ1v) is 5.62. The summed E-state index contributed by atoms with van der Waals surface area (Å²) in [5.74, 6) is -1.73. The number of alkyl halides is 2. The van der Waals surface area contributed by atoms with Crippen LogP contribution in [0.15, 0.2) is 16.7 Å². The highest BCUT2D eigenvalue weighted by Gasteiger charge is 2.45. The van der Waals surface area contributed by atoms with E-state index < -0.39 is 5.92 Å². The van der Waals surface area contributed by atoms with Crippen molar-refractivity contribution in [1.29, 1.82) is 0 Å². The monoisotopic (exact) mass is 229 g/mol. The Morgan fingerprint density at radius 1 is 1.31 bits per heavy atom. The van der Waals surface area contributed by atoms with Crippen LogP contribution in [0.4, 0.5) is 8.78 Å². The Balaban J connectivity index is 2.26. The van der Waals surface area contributed by atoms with Gasteiger partial charge in [0.1, 0.15) is 5.76 Å². The second-order valence-corrected chi connectivity index (χ2v) is 4.77. The fourth-order valence-corrected chi connectivity index (χ4v) is 2.53. The van der Waals surface area contributed by atoms with Gasteiger partial charge in [-0.25, -0.2) is 8.78 Å². The normalized spacial score (nSPS) is 23.2. The van der Waals surface area contributed by atoms with Gasteiger partial charge in [-0.05, 0) is 31.4 Å². The van der Waals surface area contributed by atoms with Gasteiger partial charge in [0, 0.05) is 24.8 Å². The van der Waals surface area contributed by atoms with Gasteiger partial charge in [-0.2, -0.15) is 0 Å². The number of rotatable bonds is 2. The van der Waals surface area contributed by atoms with Crippen LogP contribution in [0.1, 0.15) is 37.0 Å². The van der Waals surface area contributed by atoms with Gasteiger partial charge in [-0.3, -0.25) is 0 Å². The smallest absolute Gasteiger partial charge is 0.248 e. The molecule has 2 nitrogen and oxygen atoms in total. The van der Waals surface area contributed by atoms with Crippen LogP contribution in [0.5, 0.6) is 0 Å². The number of halogens is 2. The third-order valence-electron chi connectivity index (χ3n) is 3.67. The van der Waals surface area contributed by atoms with Crippen molar-refractivity contribution in [3.63, 3.8) is 0 Å². The van der Waals surface area contributed by atoms with E-state index in [9.17, 15) is 8.78 Å². The van der Waals surface area contributed by atoms with E-state index in [-0.39, 0.29) is 18.3 Å². The molecule has 1 heterocycles. The highest BCUT2D eigenvalue weighted by molar-refractivity contribution is 5.25. The Morgan fingerprint density at radius 3 is 2.38 bits per heavy atom. The molecule has 0 aromatic carbocycles. The van der Waals surface area contributed by atoms with Crippen LogP contribution in [-0.4, -0.2) is 12.5 Å². The minimum atomic E-state index is -2.53. The topological polar surface area (TPSA) is 39.2 Å². The van der Waals surface area contributed by atoms with Crippen LogP contribution >= 0.6 is 0 Å². The largest absolute Gasteiger partial charge is 0.468 e. The molecule has 1 aliphatic carbocycles. The lowest BCUT2D eigenvalue weighted by atomic mass is 9.70. The molecule has 0 aliphatic heterocycles. The Hall–Kier alpha value is -0.900. The Bertz CT molecular complexity index is 363. The van der Waals surface area contributed by atoms with Crippen molar-refractivity contribution in [3.05, 3.63) is 23.7 Å². The molecule has 1 aromatic heterocycles. The summed E-state index contributed by atoms with van der Waals surface area (Å²) in [4.78, 5) is 0. The molecule has 0 bridgehead atoms. The summed E-state index contributed by atoms with van der Waals surface area (Å²) in [6.45, 7) is 2.31. The van der Waals surface area contributed by atoms with Crippen molar-refractivity contribution < 1.29 is 13.2 Å². The quantitative estimate of drug-likeness (QED) is 0.846. The van der Waals surface area contributed by atoms with E-state index in [0.717, 1.165) is 11.3 Å². The maximum Gasteiger partial charge on any atom is 0.248 e. The molecule has 4 heteroatoms. The molecule has 0 atom stereocenters. The average Bonchev–Trinajstić information content (AvgIpc) is 2.66. The fraction of sp³-hybridized carbons (Fsp3) is 0.667. The molecule has 0 unspecified atom stereocenters. The minimum absolute atomic E-state index is 0.0929. The van der Waals surface area contributed by atoms with Gasteiger partial charge in [-0.15, -0.1) is 0 Å². The van der Waals surface area contributed by atoms with E-state index in [1.807, 2.05) is 13.0 Å². The van der Waals surface area contributed by atoms with E-state index >= 15 is 0 Å². The molecular weight excluding hydrogens is 212 g/mol. The average molecular weight is 229 g/mol. The summed E-state index contributed by atoms with van der Waals surface area (Å²) < 4.78 is 31.8. The number of nitrogens with two attached hydrogens (primary N) is 1. The number of aryl methyl sites for hydroxylation is 1. The lowest BCUT2D eigenvalue weighted by Gasteiger charge is -2.38. The maximum atomic E-state index is 13.2. The van der Waals surface area contributed by atoms with Crippen molar-refractivity contribution in [3.8, 4) is 0 Å². The first kappa shape index (κ1) is 11.6. The Labute approximate surface area is 93.8 Å². The summed E-state index contributed by atoms with van der Waals surface area (Å²) in [7, 11) is 0. The van der Waals surface area contributed by atoms with Crippen molar-refractivity contribution in [2.45, 2.75) is 43.9 Å². The van der Waals surface area contributed by atoms with Gasteiger partial charge in [0.25, 0.3) is 0 Å². The van der Waals surface area contributed by atoms with E-state index in [0.29, 0.717) is 19.4 Å². The molecule has 90 valence electrons. The molecule has 2 N–H and O–H groups in total. The Kier molecular flexibility index (Phi) is 2.78. The van der Waals surface area contributed by atoms with E-state index in [4.69, 9.17) is 10.2 Å². The van der Waals surface area contributed by atoms with Crippen molar-refractivity contribution in [2.24, 2.45) is 5.73 Å². The zero-order valence-corrected chi connectivity index (χ0v) is 9.43. The number of furan rings is 1. The van der Waals surface area contributed by atoms with Crippen molar-refractivity contribution >= 4 is 0 Å². The molecule has 0 radical (unpaired) electrons. The lowest BCUT2D eigenvalue weighted by molar-refractivity contribution is -0.0534. The number of hydrogen-bond acceptors (Lipinski definition) is 2. The van der Waals surface area contributed by atoms with E-state index in [2.05, 4.69) is 0 Å². The minimum Gasteiger partial charge on any atom is -0.468 e. The summed E-state index contributed by atoms with van der Waals surface area (Å²) in [5, 5.41) is 0. The van der Waals surface area contributed by atoms with Gasteiger partial charge >= 0.3 is 0 Å². The van der Waals surface area contributed by atoms with Gasteiger partial charge in [0.05, 0.1) is 6.26 Å². The van der Waals surface area contributed by atoms with Gasteiger partial charge < -0.3 is 10.2 Å². The highest BCUT2D eigenvalue weighted by Crippen LogP contribution is 2.45. The van der Waals surface area contributed by atoms with Gasteiger partial charge in [0.2, 0.25) is 5.92 Å². The van der Waals surface area contributed by atoms with Crippen LogP contribution in [0.3, 0.4) is 0 Å². The fourth-order valence-electron chi connectivity index (χ4n) is 2.53. The maximum absolute atomic E-state index is 13.2. The SMILES string of the molecule is Cc1ccoc1C1(CN)CCC(F)(F)CC1. The van der Waals surface area contributed by atoms with Crippen molar-refractivity contribution in [2.75, 3.05) is 6.54 Å². The van der Waals surface area contributed by atoms with Crippen LogP contribution in [-0.2, 0) is 5.41 Å². The first-order valence-electron chi connectivity index (χ1n) is 5.62. The Morgan fingerprint density at radius 2 is 1.94 bits per heavy atom. The molecule has 0 amide bonds. The zero-order valence-electron chi connectivity index (χ0n) is 9.43.